The van der Waals surface area contributed by atoms with Gasteiger partial charge in [0.05, 0.1) is 10.6 Å². The highest BCUT2D eigenvalue weighted by molar-refractivity contribution is 7.92. The van der Waals surface area contributed by atoms with E-state index in [9.17, 15) is 8.42 Å². The van der Waals surface area contributed by atoms with Crippen molar-refractivity contribution in [3.05, 3.63) is 59.7 Å². The Morgan fingerprint density at radius 3 is 2.50 bits per heavy atom. The molecule has 0 aromatic heterocycles. The molecule has 4 heteroatoms. The van der Waals surface area contributed by atoms with Gasteiger partial charge in [0.25, 0.3) is 10.0 Å². The molecule has 0 spiro atoms. The van der Waals surface area contributed by atoms with Crippen LogP contribution in [0.1, 0.15) is 30.9 Å². The maximum Gasteiger partial charge on any atom is 0.264 e. The van der Waals surface area contributed by atoms with Crippen LogP contribution in [-0.2, 0) is 22.9 Å². The topological polar surface area (TPSA) is 37.4 Å². The number of fused-ring (bicyclic) bond motifs is 1. The van der Waals surface area contributed by atoms with Gasteiger partial charge in [-0.2, -0.15) is 0 Å². The van der Waals surface area contributed by atoms with Crippen molar-refractivity contribution in [1.29, 1.82) is 0 Å². The normalized spacial score (nSPS) is 14.7. The molecule has 0 radical (unpaired) electrons. The van der Waals surface area contributed by atoms with Crippen LogP contribution in [-0.4, -0.2) is 15.0 Å². The van der Waals surface area contributed by atoms with E-state index in [1.165, 1.54) is 5.56 Å². The second kappa shape index (κ2) is 6.13. The van der Waals surface area contributed by atoms with E-state index < -0.39 is 10.0 Å². The molecule has 116 valence electrons. The number of sulfonamides is 1. The number of rotatable bonds is 4. The molecule has 0 N–H and O–H groups in total. The van der Waals surface area contributed by atoms with Gasteiger partial charge in [0.1, 0.15) is 0 Å². The summed E-state index contributed by atoms with van der Waals surface area (Å²) < 4.78 is 27.4. The lowest BCUT2D eigenvalue weighted by molar-refractivity contribution is 0.586. The number of benzene rings is 2. The lowest BCUT2D eigenvalue weighted by Gasteiger charge is -2.30. The fourth-order valence-corrected chi connectivity index (χ4v) is 4.53. The molecule has 0 fully saturated rings. The molecule has 0 atom stereocenters. The van der Waals surface area contributed by atoms with E-state index in [1.54, 1.807) is 16.4 Å². The third kappa shape index (κ3) is 2.75. The average molecular weight is 315 g/mol. The van der Waals surface area contributed by atoms with Crippen molar-refractivity contribution in [2.45, 2.75) is 37.5 Å². The quantitative estimate of drug-likeness (QED) is 0.861. The highest BCUT2D eigenvalue weighted by atomic mass is 32.2. The van der Waals surface area contributed by atoms with E-state index in [4.69, 9.17) is 0 Å². The van der Waals surface area contributed by atoms with E-state index in [2.05, 4.69) is 6.92 Å². The Balaban J connectivity index is 1.97. The summed E-state index contributed by atoms with van der Waals surface area (Å²) >= 11 is 0. The third-order valence-electron chi connectivity index (χ3n) is 4.12. The average Bonchev–Trinajstić information content (AvgIpc) is 2.55. The zero-order valence-corrected chi connectivity index (χ0v) is 13.6. The second-order valence-electron chi connectivity index (χ2n) is 5.70. The van der Waals surface area contributed by atoms with Crippen molar-refractivity contribution in [2.75, 3.05) is 10.8 Å². The van der Waals surface area contributed by atoms with Gasteiger partial charge in [0, 0.05) is 6.54 Å². The molecule has 3 rings (SSSR count). The van der Waals surface area contributed by atoms with Crippen molar-refractivity contribution < 1.29 is 8.42 Å². The van der Waals surface area contributed by atoms with Crippen molar-refractivity contribution in [3.8, 4) is 0 Å². The Morgan fingerprint density at radius 2 is 1.77 bits per heavy atom. The Bertz CT molecular complexity index is 751. The monoisotopic (exact) mass is 315 g/mol. The summed E-state index contributed by atoms with van der Waals surface area (Å²) in [7, 11) is -3.47. The standard InChI is InChI=1S/C18H21NO2S/c1-2-6-15-10-12-17(13-11-15)22(20,21)19-14-5-8-16-7-3-4-9-18(16)19/h3-4,7,9-13H,2,5-6,8,14H2,1H3. The van der Waals surface area contributed by atoms with Gasteiger partial charge >= 0.3 is 0 Å². The number of nitrogens with zero attached hydrogens (tertiary/aromatic N) is 1. The Morgan fingerprint density at radius 1 is 1.05 bits per heavy atom. The smallest absolute Gasteiger partial charge is 0.264 e. The van der Waals surface area contributed by atoms with Gasteiger partial charge in [-0.25, -0.2) is 8.42 Å². The van der Waals surface area contributed by atoms with Crippen molar-refractivity contribution in [2.24, 2.45) is 0 Å². The molecule has 1 aliphatic rings. The largest absolute Gasteiger partial charge is 0.266 e. The minimum Gasteiger partial charge on any atom is -0.266 e. The van der Waals surface area contributed by atoms with Crippen LogP contribution in [0.5, 0.6) is 0 Å². The molecular weight excluding hydrogens is 294 g/mol. The van der Waals surface area contributed by atoms with Crippen molar-refractivity contribution >= 4 is 15.7 Å². The van der Waals surface area contributed by atoms with Crippen LogP contribution in [0.3, 0.4) is 0 Å². The van der Waals surface area contributed by atoms with Gasteiger partial charge < -0.3 is 0 Å². The van der Waals surface area contributed by atoms with Gasteiger partial charge in [0.2, 0.25) is 0 Å². The number of anilines is 1. The van der Waals surface area contributed by atoms with Crippen LogP contribution in [0.15, 0.2) is 53.4 Å². The first-order chi connectivity index (χ1) is 10.6. The van der Waals surface area contributed by atoms with E-state index in [0.717, 1.165) is 36.9 Å². The Hall–Kier alpha value is -1.81. The predicted molar refractivity (Wildman–Crippen MR) is 89.7 cm³/mol. The lowest BCUT2D eigenvalue weighted by atomic mass is 10.0. The van der Waals surface area contributed by atoms with Crippen molar-refractivity contribution in [1.82, 2.24) is 0 Å². The number of hydrogen-bond acceptors (Lipinski definition) is 2. The SMILES string of the molecule is CCCc1ccc(S(=O)(=O)N2CCCc3ccccc32)cc1. The molecule has 2 aromatic carbocycles. The van der Waals surface area contributed by atoms with Crippen LogP contribution in [0.25, 0.3) is 0 Å². The van der Waals surface area contributed by atoms with E-state index in [-0.39, 0.29) is 0 Å². The number of hydrogen-bond donors (Lipinski definition) is 0. The predicted octanol–water partition coefficient (Wildman–Crippen LogP) is 3.78. The molecule has 0 aliphatic carbocycles. The summed E-state index contributed by atoms with van der Waals surface area (Å²) in [5, 5.41) is 0. The molecule has 2 aromatic rings. The summed E-state index contributed by atoms with van der Waals surface area (Å²) in [6, 6.07) is 15.1. The lowest BCUT2D eigenvalue weighted by Crippen LogP contribution is -2.35. The first kappa shape index (κ1) is 15.1. The first-order valence-corrected chi connectivity index (χ1v) is 9.26. The Kier molecular flexibility index (Phi) is 4.21. The highest BCUT2D eigenvalue weighted by Crippen LogP contribution is 2.31. The summed E-state index contributed by atoms with van der Waals surface area (Å²) in [4.78, 5) is 0.379. The third-order valence-corrected chi connectivity index (χ3v) is 5.95. The van der Waals surface area contributed by atoms with E-state index in [0.29, 0.717) is 11.4 Å². The van der Waals surface area contributed by atoms with Gasteiger partial charge in [0.15, 0.2) is 0 Å². The van der Waals surface area contributed by atoms with Crippen molar-refractivity contribution in [3.63, 3.8) is 0 Å². The molecule has 22 heavy (non-hydrogen) atoms. The molecular formula is C18H21NO2S. The van der Waals surface area contributed by atoms with Crippen LogP contribution < -0.4 is 4.31 Å². The molecule has 0 unspecified atom stereocenters. The fourth-order valence-electron chi connectivity index (χ4n) is 2.99. The Labute approximate surface area is 132 Å². The van der Waals surface area contributed by atoms with Crippen LogP contribution >= 0.6 is 0 Å². The van der Waals surface area contributed by atoms with Gasteiger partial charge in [-0.05, 0) is 48.6 Å². The first-order valence-electron chi connectivity index (χ1n) is 7.82. The number of aryl methyl sites for hydroxylation is 2. The van der Waals surface area contributed by atoms with Gasteiger partial charge in [-0.1, -0.05) is 43.7 Å². The molecule has 1 heterocycles. The maximum atomic E-state index is 12.9. The van der Waals surface area contributed by atoms with Gasteiger partial charge in [-0.15, -0.1) is 0 Å². The summed E-state index contributed by atoms with van der Waals surface area (Å²) in [6.07, 6.45) is 3.85. The van der Waals surface area contributed by atoms with E-state index in [1.807, 2.05) is 36.4 Å². The van der Waals surface area contributed by atoms with Crippen LogP contribution in [0, 0.1) is 0 Å². The summed E-state index contributed by atoms with van der Waals surface area (Å²) in [5.74, 6) is 0. The number of para-hydroxylation sites is 1. The van der Waals surface area contributed by atoms with Crippen LogP contribution in [0.4, 0.5) is 5.69 Å². The molecule has 0 saturated heterocycles. The second-order valence-corrected chi connectivity index (χ2v) is 7.57. The molecule has 3 nitrogen and oxygen atoms in total. The summed E-state index contributed by atoms with van der Waals surface area (Å²) in [5.41, 5.74) is 3.12. The minimum absolute atomic E-state index is 0.379. The van der Waals surface area contributed by atoms with Crippen LogP contribution in [0.2, 0.25) is 0 Å². The molecule has 1 aliphatic heterocycles. The minimum atomic E-state index is -3.47. The molecule has 0 saturated carbocycles. The van der Waals surface area contributed by atoms with E-state index >= 15 is 0 Å². The molecule has 0 bridgehead atoms. The fraction of sp³-hybridized carbons (Fsp3) is 0.333. The molecule has 0 amide bonds. The van der Waals surface area contributed by atoms with Gasteiger partial charge in [-0.3, -0.25) is 4.31 Å². The zero-order chi connectivity index (χ0) is 15.6. The zero-order valence-electron chi connectivity index (χ0n) is 12.8. The maximum absolute atomic E-state index is 12.9. The highest BCUT2D eigenvalue weighted by Gasteiger charge is 2.28. The summed E-state index contributed by atoms with van der Waals surface area (Å²) in [6.45, 7) is 2.67.